The third kappa shape index (κ3) is 1.64. The van der Waals surface area contributed by atoms with Crippen molar-refractivity contribution in [2.24, 2.45) is 11.8 Å². The normalized spacial score (nSPS) is 49.2. The highest BCUT2D eigenvalue weighted by Gasteiger charge is 2.37. The number of ether oxygens (including phenoxy) is 1. The summed E-state index contributed by atoms with van der Waals surface area (Å²) >= 11 is 0. The van der Waals surface area contributed by atoms with E-state index in [4.69, 9.17) is 4.74 Å². The fourth-order valence-corrected chi connectivity index (χ4v) is 1.89. The lowest BCUT2D eigenvalue weighted by molar-refractivity contribution is -0.162. The first-order chi connectivity index (χ1) is 5.57. The number of aliphatic hydroxyl groups excluding tert-OH is 1. The molecule has 2 nitrogen and oxygen atoms in total. The minimum atomic E-state index is -0.277. The van der Waals surface area contributed by atoms with Crippen LogP contribution in [0, 0.1) is 11.8 Å². The fraction of sp³-hybridized carbons (Fsp3) is 1.00. The van der Waals surface area contributed by atoms with Gasteiger partial charge in [-0.3, -0.25) is 0 Å². The Bertz CT molecular complexity index is 142. The van der Waals surface area contributed by atoms with Crippen LogP contribution in [0.4, 0.5) is 0 Å². The van der Waals surface area contributed by atoms with Gasteiger partial charge >= 0.3 is 0 Å². The molecule has 72 valence electrons. The first kappa shape index (κ1) is 10.0. The molecule has 0 radical (unpaired) electrons. The van der Waals surface area contributed by atoms with E-state index in [1.807, 2.05) is 0 Å². The standard InChI is InChI=1S/C10H20O2/c1-5-9-10(11)7(3)6(2)8(4)12-9/h6-11H,5H2,1-4H3/t6-,7?,8+,9?,10-/m1/s1. The monoisotopic (exact) mass is 172 g/mol. The molecule has 1 heterocycles. The number of hydrogen-bond donors (Lipinski definition) is 1. The smallest absolute Gasteiger partial charge is 0.0837 e. The summed E-state index contributed by atoms with van der Waals surface area (Å²) in [6.45, 7) is 8.40. The molecule has 12 heavy (non-hydrogen) atoms. The van der Waals surface area contributed by atoms with Gasteiger partial charge in [-0.1, -0.05) is 20.8 Å². The molecule has 0 aromatic rings. The van der Waals surface area contributed by atoms with Crippen molar-refractivity contribution in [1.82, 2.24) is 0 Å². The molecule has 1 aliphatic heterocycles. The lowest BCUT2D eigenvalue weighted by Crippen LogP contribution is -2.47. The van der Waals surface area contributed by atoms with Crippen molar-refractivity contribution in [3.63, 3.8) is 0 Å². The van der Waals surface area contributed by atoms with Crippen molar-refractivity contribution in [3.8, 4) is 0 Å². The zero-order valence-electron chi connectivity index (χ0n) is 8.45. The molecule has 2 heteroatoms. The molecular weight excluding hydrogens is 152 g/mol. The molecule has 1 aliphatic rings. The van der Waals surface area contributed by atoms with E-state index in [0.29, 0.717) is 11.8 Å². The summed E-state index contributed by atoms with van der Waals surface area (Å²) in [5.41, 5.74) is 0. The highest BCUT2D eigenvalue weighted by atomic mass is 16.5. The Balaban J connectivity index is 2.63. The Labute approximate surface area is 74.9 Å². The van der Waals surface area contributed by atoms with E-state index in [9.17, 15) is 5.11 Å². The molecule has 1 N–H and O–H groups in total. The van der Waals surface area contributed by atoms with Crippen LogP contribution in [-0.4, -0.2) is 23.4 Å². The summed E-state index contributed by atoms with van der Waals surface area (Å²) in [7, 11) is 0. The van der Waals surface area contributed by atoms with Crippen LogP contribution in [0.3, 0.4) is 0 Å². The maximum Gasteiger partial charge on any atom is 0.0837 e. The van der Waals surface area contributed by atoms with Gasteiger partial charge in [0, 0.05) is 0 Å². The van der Waals surface area contributed by atoms with Crippen LogP contribution in [0.1, 0.15) is 34.1 Å². The molecule has 0 aromatic carbocycles. The molecular formula is C10H20O2. The molecule has 2 unspecified atom stereocenters. The second kappa shape index (κ2) is 3.75. The van der Waals surface area contributed by atoms with Crippen LogP contribution < -0.4 is 0 Å². The molecule has 0 bridgehead atoms. The fourth-order valence-electron chi connectivity index (χ4n) is 1.89. The third-order valence-electron chi connectivity index (χ3n) is 3.28. The zero-order chi connectivity index (χ0) is 9.30. The summed E-state index contributed by atoms with van der Waals surface area (Å²) in [5, 5.41) is 9.80. The topological polar surface area (TPSA) is 29.5 Å². The van der Waals surface area contributed by atoms with E-state index < -0.39 is 0 Å². The summed E-state index contributed by atoms with van der Waals surface area (Å²) in [6, 6.07) is 0. The van der Waals surface area contributed by atoms with Gasteiger partial charge in [-0.25, -0.2) is 0 Å². The molecule has 5 atom stereocenters. The quantitative estimate of drug-likeness (QED) is 0.653. The molecule has 1 rings (SSSR count). The average Bonchev–Trinajstić information content (AvgIpc) is 2.08. The molecule has 0 saturated carbocycles. The first-order valence-corrected chi connectivity index (χ1v) is 4.91. The summed E-state index contributed by atoms with van der Waals surface area (Å²) in [5.74, 6) is 0.821. The van der Waals surface area contributed by atoms with Crippen molar-refractivity contribution < 1.29 is 9.84 Å². The van der Waals surface area contributed by atoms with Crippen molar-refractivity contribution >= 4 is 0 Å². The van der Waals surface area contributed by atoms with Gasteiger partial charge in [-0.2, -0.15) is 0 Å². The Morgan fingerprint density at radius 2 is 1.75 bits per heavy atom. The highest BCUT2D eigenvalue weighted by molar-refractivity contribution is 4.85. The number of aliphatic hydroxyl groups is 1. The predicted octanol–water partition coefficient (Wildman–Crippen LogP) is 1.82. The van der Waals surface area contributed by atoms with Crippen molar-refractivity contribution in [3.05, 3.63) is 0 Å². The van der Waals surface area contributed by atoms with E-state index in [1.54, 1.807) is 0 Å². The van der Waals surface area contributed by atoms with Crippen LogP contribution in [-0.2, 0) is 4.74 Å². The van der Waals surface area contributed by atoms with Crippen LogP contribution in [0.2, 0.25) is 0 Å². The zero-order valence-corrected chi connectivity index (χ0v) is 8.45. The van der Waals surface area contributed by atoms with E-state index in [-0.39, 0.29) is 18.3 Å². The van der Waals surface area contributed by atoms with Gasteiger partial charge in [0.25, 0.3) is 0 Å². The van der Waals surface area contributed by atoms with Crippen molar-refractivity contribution in [2.75, 3.05) is 0 Å². The highest BCUT2D eigenvalue weighted by Crippen LogP contribution is 2.31. The van der Waals surface area contributed by atoms with Crippen LogP contribution in [0.5, 0.6) is 0 Å². The molecule has 1 fully saturated rings. The minimum Gasteiger partial charge on any atom is -0.390 e. The predicted molar refractivity (Wildman–Crippen MR) is 49.0 cm³/mol. The minimum absolute atomic E-state index is 0.0474. The van der Waals surface area contributed by atoms with E-state index in [1.165, 1.54) is 0 Å². The van der Waals surface area contributed by atoms with Gasteiger partial charge in [0.2, 0.25) is 0 Å². The Hall–Kier alpha value is -0.0800. The molecule has 1 saturated heterocycles. The van der Waals surface area contributed by atoms with Crippen molar-refractivity contribution in [2.45, 2.75) is 52.4 Å². The number of rotatable bonds is 1. The largest absolute Gasteiger partial charge is 0.390 e. The van der Waals surface area contributed by atoms with E-state index in [0.717, 1.165) is 6.42 Å². The van der Waals surface area contributed by atoms with Gasteiger partial charge in [0.15, 0.2) is 0 Å². The van der Waals surface area contributed by atoms with Crippen LogP contribution in [0.15, 0.2) is 0 Å². The average molecular weight is 172 g/mol. The summed E-state index contributed by atoms with van der Waals surface area (Å²) in [4.78, 5) is 0. The van der Waals surface area contributed by atoms with Crippen molar-refractivity contribution in [1.29, 1.82) is 0 Å². The Morgan fingerprint density at radius 3 is 2.25 bits per heavy atom. The second-order valence-electron chi connectivity index (χ2n) is 4.00. The summed E-state index contributed by atoms with van der Waals surface area (Å²) < 4.78 is 5.68. The molecule has 0 amide bonds. The summed E-state index contributed by atoms with van der Waals surface area (Å²) in [6.07, 6.45) is 0.962. The van der Waals surface area contributed by atoms with Crippen LogP contribution in [0.25, 0.3) is 0 Å². The third-order valence-corrected chi connectivity index (χ3v) is 3.28. The lowest BCUT2D eigenvalue weighted by atomic mass is 9.81. The number of hydrogen-bond acceptors (Lipinski definition) is 2. The van der Waals surface area contributed by atoms with Gasteiger partial charge in [0.1, 0.15) is 0 Å². The molecule has 0 aromatic heterocycles. The SMILES string of the molecule is CCC1O[C@@H](C)[C@H](C)C(C)[C@H]1O. The van der Waals surface area contributed by atoms with Crippen LogP contribution >= 0.6 is 0 Å². The lowest BCUT2D eigenvalue weighted by Gasteiger charge is -2.41. The Morgan fingerprint density at radius 1 is 1.17 bits per heavy atom. The van der Waals surface area contributed by atoms with Gasteiger partial charge in [-0.15, -0.1) is 0 Å². The van der Waals surface area contributed by atoms with Gasteiger partial charge < -0.3 is 9.84 Å². The maximum absolute atomic E-state index is 9.80. The van der Waals surface area contributed by atoms with Gasteiger partial charge in [0.05, 0.1) is 18.3 Å². The second-order valence-corrected chi connectivity index (χ2v) is 4.00. The van der Waals surface area contributed by atoms with E-state index in [2.05, 4.69) is 27.7 Å². The maximum atomic E-state index is 9.80. The molecule has 0 aliphatic carbocycles. The first-order valence-electron chi connectivity index (χ1n) is 4.91. The molecule has 0 spiro atoms. The van der Waals surface area contributed by atoms with E-state index >= 15 is 0 Å². The Kier molecular flexibility index (Phi) is 3.13. The van der Waals surface area contributed by atoms with Gasteiger partial charge in [-0.05, 0) is 25.2 Å².